The average molecular weight is 255 g/mol. The van der Waals surface area contributed by atoms with Crippen molar-refractivity contribution in [3.63, 3.8) is 0 Å². The van der Waals surface area contributed by atoms with Crippen LogP contribution in [0.2, 0.25) is 0 Å². The van der Waals surface area contributed by atoms with Gasteiger partial charge in [0.15, 0.2) is 0 Å². The molecule has 1 N–H and O–H groups in total. The zero-order chi connectivity index (χ0) is 13.7. The first-order valence-corrected chi connectivity index (χ1v) is 6.30. The van der Waals surface area contributed by atoms with Crippen molar-refractivity contribution in [1.82, 2.24) is 0 Å². The molecule has 0 aliphatic heterocycles. The van der Waals surface area contributed by atoms with E-state index in [2.05, 4.69) is 5.32 Å². The summed E-state index contributed by atoms with van der Waals surface area (Å²) < 4.78 is 5.40. The van der Waals surface area contributed by atoms with Crippen LogP contribution in [0.1, 0.15) is 22.8 Å². The Morgan fingerprint density at radius 3 is 2.68 bits per heavy atom. The normalized spacial score (nSPS) is 10.0. The molecule has 98 valence electrons. The van der Waals surface area contributed by atoms with Gasteiger partial charge in [-0.2, -0.15) is 0 Å². The second-order valence-corrected chi connectivity index (χ2v) is 4.28. The molecule has 0 aliphatic carbocycles. The Kier molecular flexibility index (Phi) is 4.18. The average Bonchev–Trinajstić information content (AvgIpc) is 2.39. The zero-order valence-electron chi connectivity index (χ0n) is 11.1. The minimum absolute atomic E-state index is 0.114. The van der Waals surface area contributed by atoms with Crippen LogP contribution in [0.15, 0.2) is 48.5 Å². The summed E-state index contributed by atoms with van der Waals surface area (Å²) in [5.41, 5.74) is 2.45. The molecule has 0 bridgehead atoms. The van der Waals surface area contributed by atoms with Crippen LogP contribution in [0.5, 0.6) is 5.75 Å². The van der Waals surface area contributed by atoms with Gasteiger partial charge in [0.2, 0.25) is 0 Å². The van der Waals surface area contributed by atoms with Crippen molar-refractivity contribution in [2.24, 2.45) is 0 Å². The fraction of sp³-hybridized carbons (Fsp3) is 0.188. The van der Waals surface area contributed by atoms with Gasteiger partial charge in [0.05, 0.1) is 6.61 Å². The maximum absolute atomic E-state index is 12.1. The monoisotopic (exact) mass is 255 g/mol. The van der Waals surface area contributed by atoms with Gasteiger partial charge >= 0.3 is 0 Å². The summed E-state index contributed by atoms with van der Waals surface area (Å²) in [7, 11) is 0. The number of ether oxygens (including phenoxy) is 1. The molecule has 2 rings (SSSR count). The van der Waals surface area contributed by atoms with E-state index in [4.69, 9.17) is 4.74 Å². The number of aryl methyl sites for hydroxylation is 1. The molecule has 2 aromatic rings. The number of hydrogen-bond acceptors (Lipinski definition) is 2. The predicted molar refractivity (Wildman–Crippen MR) is 76.7 cm³/mol. The van der Waals surface area contributed by atoms with Gasteiger partial charge in [0.1, 0.15) is 5.75 Å². The van der Waals surface area contributed by atoms with Crippen molar-refractivity contribution in [2.75, 3.05) is 11.9 Å². The Balaban J connectivity index is 2.12. The molecule has 0 heterocycles. The third-order valence-corrected chi connectivity index (χ3v) is 2.68. The number of hydrogen-bond donors (Lipinski definition) is 1. The van der Waals surface area contributed by atoms with E-state index in [0.717, 1.165) is 17.0 Å². The lowest BCUT2D eigenvalue weighted by Crippen LogP contribution is -2.11. The van der Waals surface area contributed by atoms with Crippen molar-refractivity contribution in [1.29, 1.82) is 0 Å². The Morgan fingerprint density at radius 2 is 1.95 bits per heavy atom. The molecule has 0 unspecified atom stereocenters. The van der Waals surface area contributed by atoms with E-state index in [1.165, 1.54) is 0 Å². The van der Waals surface area contributed by atoms with E-state index in [-0.39, 0.29) is 5.91 Å². The van der Waals surface area contributed by atoms with Crippen molar-refractivity contribution in [3.05, 3.63) is 59.7 Å². The first kappa shape index (κ1) is 13.1. The Bertz CT molecular complexity index is 578. The summed E-state index contributed by atoms with van der Waals surface area (Å²) in [6, 6.07) is 14.9. The molecule has 0 atom stereocenters. The van der Waals surface area contributed by atoms with Gasteiger partial charge in [-0.25, -0.2) is 0 Å². The molecule has 2 aromatic carbocycles. The van der Waals surface area contributed by atoms with Crippen LogP contribution in [0, 0.1) is 6.92 Å². The van der Waals surface area contributed by atoms with Crippen LogP contribution in [-0.2, 0) is 0 Å². The van der Waals surface area contributed by atoms with E-state index in [0.29, 0.717) is 12.2 Å². The summed E-state index contributed by atoms with van der Waals surface area (Å²) in [4.78, 5) is 12.1. The largest absolute Gasteiger partial charge is 0.494 e. The highest BCUT2D eigenvalue weighted by atomic mass is 16.5. The molecule has 0 fully saturated rings. The van der Waals surface area contributed by atoms with Gasteiger partial charge in [0, 0.05) is 17.3 Å². The van der Waals surface area contributed by atoms with E-state index in [9.17, 15) is 4.79 Å². The molecule has 19 heavy (non-hydrogen) atoms. The van der Waals surface area contributed by atoms with E-state index in [1.807, 2.05) is 56.3 Å². The number of rotatable bonds is 4. The van der Waals surface area contributed by atoms with Crippen LogP contribution < -0.4 is 10.1 Å². The van der Waals surface area contributed by atoms with E-state index in [1.54, 1.807) is 6.07 Å². The quantitative estimate of drug-likeness (QED) is 0.905. The van der Waals surface area contributed by atoms with Gasteiger partial charge < -0.3 is 10.1 Å². The molecule has 3 heteroatoms. The maximum Gasteiger partial charge on any atom is 0.255 e. The topological polar surface area (TPSA) is 38.3 Å². The molecule has 0 aromatic heterocycles. The third kappa shape index (κ3) is 3.58. The third-order valence-electron chi connectivity index (χ3n) is 2.68. The summed E-state index contributed by atoms with van der Waals surface area (Å²) in [6.07, 6.45) is 0. The Labute approximate surface area is 113 Å². The number of amides is 1. The van der Waals surface area contributed by atoms with Gasteiger partial charge in [-0.3, -0.25) is 4.79 Å². The summed E-state index contributed by atoms with van der Waals surface area (Å²) in [6.45, 7) is 4.50. The molecule has 0 saturated carbocycles. The fourth-order valence-electron chi connectivity index (χ4n) is 1.82. The van der Waals surface area contributed by atoms with Gasteiger partial charge in [0.25, 0.3) is 5.91 Å². The summed E-state index contributed by atoms with van der Waals surface area (Å²) in [5.74, 6) is 0.641. The van der Waals surface area contributed by atoms with E-state index < -0.39 is 0 Å². The molecule has 0 radical (unpaired) electrons. The molecule has 0 spiro atoms. The second kappa shape index (κ2) is 6.05. The van der Waals surface area contributed by atoms with E-state index >= 15 is 0 Å². The number of nitrogens with one attached hydrogen (secondary N) is 1. The van der Waals surface area contributed by atoms with Crippen LogP contribution >= 0.6 is 0 Å². The highest BCUT2D eigenvalue weighted by molar-refractivity contribution is 6.04. The Hall–Kier alpha value is -2.29. The highest BCUT2D eigenvalue weighted by Gasteiger charge is 2.06. The van der Waals surface area contributed by atoms with Crippen LogP contribution in [0.3, 0.4) is 0 Å². The lowest BCUT2D eigenvalue weighted by atomic mass is 10.1. The van der Waals surface area contributed by atoms with Crippen molar-refractivity contribution in [3.8, 4) is 5.75 Å². The van der Waals surface area contributed by atoms with Gasteiger partial charge in [-0.1, -0.05) is 23.8 Å². The Morgan fingerprint density at radius 1 is 1.16 bits per heavy atom. The molecule has 3 nitrogen and oxygen atoms in total. The maximum atomic E-state index is 12.1. The molecule has 0 saturated heterocycles. The van der Waals surface area contributed by atoms with Crippen LogP contribution in [-0.4, -0.2) is 12.5 Å². The van der Waals surface area contributed by atoms with Crippen molar-refractivity contribution >= 4 is 11.6 Å². The molecule has 0 aliphatic rings. The van der Waals surface area contributed by atoms with Crippen molar-refractivity contribution < 1.29 is 9.53 Å². The van der Waals surface area contributed by atoms with Gasteiger partial charge in [-0.15, -0.1) is 0 Å². The van der Waals surface area contributed by atoms with Crippen LogP contribution in [0.25, 0.3) is 0 Å². The first-order valence-electron chi connectivity index (χ1n) is 6.30. The smallest absolute Gasteiger partial charge is 0.255 e. The molecule has 1 amide bonds. The number of benzene rings is 2. The lowest BCUT2D eigenvalue weighted by molar-refractivity contribution is 0.102. The fourth-order valence-corrected chi connectivity index (χ4v) is 1.82. The summed E-state index contributed by atoms with van der Waals surface area (Å²) >= 11 is 0. The minimum Gasteiger partial charge on any atom is -0.494 e. The summed E-state index contributed by atoms with van der Waals surface area (Å²) in [5, 5.41) is 2.87. The first-order chi connectivity index (χ1) is 9.19. The molecular weight excluding hydrogens is 238 g/mol. The second-order valence-electron chi connectivity index (χ2n) is 4.28. The lowest BCUT2D eigenvalue weighted by Gasteiger charge is -2.08. The molecular formula is C16H17NO2. The zero-order valence-corrected chi connectivity index (χ0v) is 11.1. The van der Waals surface area contributed by atoms with Crippen LogP contribution in [0.4, 0.5) is 5.69 Å². The number of anilines is 1. The predicted octanol–water partition coefficient (Wildman–Crippen LogP) is 3.65. The van der Waals surface area contributed by atoms with Crippen molar-refractivity contribution in [2.45, 2.75) is 13.8 Å². The minimum atomic E-state index is -0.114. The SMILES string of the molecule is CCOc1cccc(NC(=O)c2cccc(C)c2)c1. The standard InChI is InChI=1S/C16H17NO2/c1-3-19-15-9-5-8-14(11-15)17-16(18)13-7-4-6-12(2)10-13/h4-11H,3H2,1-2H3,(H,17,18). The highest BCUT2D eigenvalue weighted by Crippen LogP contribution is 2.18. The number of carbonyl (C=O) groups is 1. The number of carbonyl (C=O) groups excluding carboxylic acids is 1. The van der Waals surface area contributed by atoms with Gasteiger partial charge in [-0.05, 0) is 38.1 Å².